The standard InChI is InChI=1S/C18H35N5O2Si3/c1-13(2)17(24)23(27(6,7)8)18-20-15-14(16(21-18)25-28(9,10)11)19-12-22(15)26(3,4)5/h12-13H,1-11H3. The molecule has 0 saturated heterocycles. The van der Waals surface area contributed by atoms with Gasteiger partial charge >= 0.3 is 0 Å². The van der Waals surface area contributed by atoms with E-state index in [0.717, 1.165) is 5.65 Å². The molecule has 0 atom stereocenters. The predicted octanol–water partition coefficient (Wildman–Crippen LogP) is 4.55. The number of rotatable bonds is 6. The number of aromatic nitrogens is 4. The quantitative estimate of drug-likeness (QED) is 0.620. The van der Waals surface area contributed by atoms with Gasteiger partial charge in [0.05, 0.1) is 6.33 Å². The third kappa shape index (κ3) is 4.90. The lowest BCUT2D eigenvalue weighted by Gasteiger charge is -2.34. The topological polar surface area (TPSA) is 73.1 Å². The van der Waals surface area contributed by atoms with Crippen molar-refractivity contribution in [2.24, 2.45) is 5.92 Å². The molecule has 1 amide bonds. The van der Waals surface area contributed by atoms with E-state index in [1.807, 2.05) is 24.7 Å². The minimum atomic E-state index is -2.07. The molecular formula is C18H35N5O2Si3. The molecule has 0 N–H and O–H groups in total. The molecule has 0 aromatic carbocycles. The van der Waals surface area contributed by atoms with Crippen LogP contribution in [0.15, 0.2) is 6.33 Å². The van der Waals surface area contributed by atoms with Crippen molar-refractivity contribution in [3.05, 3.63) is 6.33 Å². The first-order valence-corrected chi connectivity index (χ1v) is 20.1. The number of carbonyl (C=O) groups excluding carboxylic acids is 1. The minimum Gasteiger partial charge on any atom is -0.530 e. The highest BCUT2D eigenvalue weighted by Gasteiger charge is 2.35. The molecule has 2 rings (SSSR count). The lowest BCUT2D eigenvalue weighted by atomic mass is 10.2. The van der Waals surface area contributed by atoms with Crippen LogP contribution in [0.25, 0.3) is 11.2 Å². The predicted molar refractivity (Wildman–Crippen MR) is 124 cm³/mol. The average Bonchev–Trinajstić information content (AvgIpc) is 2.88. The second kappa shape index (κ2) is 7.38. The molecule has 2 heterocycles. The van der Waals surface area contributed by atoms with Crippen LogP contribution in [-0.4, -0.2) is 49.9 Å². The summed E-state index contributed by atoms with van der Waals surface area (Å²) in [6.07, 6.45) is 1.84. The van der Waals surface area contributed by atoms with Gasteiger partial charge in [-0.25, -0.2) is 4.98 Å². The SMILES string of the molecule is CC(C)C(=O)N(c1nc(O[Si](C)(C)C)c2ncn([Si](C)(C)C)c2n1)[Si](C)(C)C. The van der Waals surface area contributed by atoms with Crippen molar-refractivity contribution in [2.75, 3.05) is 4.57 Å². The highest BCUT2D eigenvalue weighted by molar-refractivity contribution is 6.83. The second-order valence-corrected chi connectivity index (χ2v) is 24.5. The van der Waals surface area contributed by atoms with Gasteiger partial charge in [-0.2, -0.15) is 9.97 Å². The first-order valence-electron chi connectivity index (χ1n) is 9.81. The van der Waals surface area contributed by atoms with E-state index in [1.165, 1.54) is 0 Å². The summed E-state index contributed by atoms with van der Waals surface area (Å²) in [5, 5.41) is 0. The summed E-state index contributed by atoms with van der Waals surface area (Å²) in [6, 6.07) is 0. The molecule has 0 unspecified atom stereocenters. The second-order valence-electron chi connectivity index (χ2n) is 10.5. The van der Waals surface area contributed by atoms with Crippen molar-refractivity contribution in [2.45, 2.75) is 72.8 Å². The summed E-state index contributed by atoms with van der Waals surface area (Å²) in [4.78, 5) is 27.3. The van der Waals surface area contributed by atoms with Crippen molar-refractivity contribution >= 4 is 47.8 Å². The van der Waals surface area contributed by atoms with Crippen LogP contribution in [0.5, 0.6) is 5.88 Å². The summed E-state index contributed by atoms with van der Waals surface area (Å²) in [5.41, 5.74) is 1.44. The third-order valence-corrected chi connectivity index (χ3v) is 8.40. The van der Waals surface area contributed by atoms with Gasteiger partial charge < -0.3 is 13.2 Å². The molecule has 2 aromatic heterocycles. The molecule has 7 nitrogen and oxygen atoms in total. The largest absolute Gasteiger partial charge is 0.530 e. The highest BCUT2D eigenvalue weighted by atomic mass is 28.4. The Kier molecular flexibility index (Phi) is 6.00. The van der Waals surface area contributed by atoms with E-state index in [1.54, 1.807) is 0 Å². The molecular weight excluding hydrogens is 402 g/mol. The summed E-state index contributed by atoms with van der Waals surface area (Å²) < 4.78 is 10.3. The first kappa shape index (κ1) is 22.8. The lowest BCUT2D eigenvalue weighted by molar-refractivity contribution is -0.120. The Morgan fingerprint density at radius 3 is 2.04 bits per heavy atom. The Labute approximate surface area is 171 Å². The van der Waals surface area contributed by atoms with Gasteiger partial charge in [-0.15, -0.1) is 0 Å². The number of carbonyl (C=O) groups is 1. The molecule has 0 bridgehead atoms. The molecule has 28 heavy (non-hydrogen) atoms. The van der Waals surface area contributed by atoms with Gasteiger partial charge in [0.15, 0.2) is 27.6 Å². The number of hydrogen-bond acceptors (Lipinski definition) is 5. The molecule has 2 aromatic rings. The fraction of sp³-hybridized carbons (Fsp3) is 0.667. The zero-order valence-electron chi connectivity index (χ0n) is 19.2. The van der Waals surface area contributed by atoms with E-state index < -0.39 is 24.8 Å². The van der Waals surface area contributed by atoms with Crippen molar-refractivity contribution in [1.29, 1.82) is 0 Å². The fourth-order valence-electron chi connectivity index (χ4n) is 2.80. The van der Waals surface area contributed by atoms with Crippen LogP contribution in [0.4, 0.5) is 5.95 Å². The number of anilines is 1. The molecule has 0 aliphatic carbocycles. The van der Waals surface area contributed by atoms with Crippen LogP contribution < -0.4 is 8.99 Å². The maximum Gasteiger partial charge on any atom is 0.244 e. The molecule has 0 aliphatic heterocycles. The van der Waals surface area contributed by atoms with Crippen LogP contribution in [0, 0.1) is 5.92 Å². The Hall–Kier alpha value is -1.53. The van der Waals surface area contributed by atoms with E-state index in [9.17, 15) is 4.79 Å². The molecule has 0 saturated carbocycles. The van der Waals surface area contributed by atoms with Gasteiger partial charge in [0.2, 0.25) is 26.1 Å². The van der Waals surface area contributed by atoms with Crippen molar-refractivity contribution in [3.8, 4) is 5.88 Å². The normalized spacial score (nSPS) is 13.3. The molecule has 10 heteroatoms. The van der Waals surface area contributed by atoms with E-state index in [2.05, 4.69) is 68.1 Å². The van der Waals surface area contributed by atoms with Gasteiger partial charge in [-0.1, -0.05) is 53.1 Å². The van der Waals surface area contributed by atoms with Gasteiger partial charge in [-0.05, 0) is 19.6 Å². The van der Waals surface area contributed by atoms with Crippen LogP contribution >= 0.6 is 0 Å². The Morgan fingerprint density at radius 2 is 1.61 bits per heavy atom. The highest BCUT2D eigenvalue weighted by Crippen LogP contribution is 2.30. The molecule has 0 fully saturated rings. The number of amides is 1. The minimum absolute atomic E-state index is 0.0524. The summed E-state index contributed by atoms with van der Waals surface area (Å²) in [5.74, 6) is 0.861. The van der Waals surface area contributed by atoms with Crippen molar-refractivity contribution < 1.29 is 9.22 Å². The summed E-state index contributed by atoms with van der Waals surface area (Å²) in [7, 11) is -5.75. The lowest BCUT2D eigenvalue weighted by Crippen LogP contribution is -2.52. The molecule has 156 valence electrons. The van der Waals surface area contributed by atoms with E-state index >= 15 is 0 Å². The molecule has 0 spiro atoms. The van der Waals surface area contributed by atoms with Crippen LogP contribution in [-0.2, 0) is 4.79 Å². The van der Waals surface area contributed by atoms with Crippen LogP contribution in [0.1, 0.15) is 13.8 Å². The van der Waals surface area contributed by atoms with E-state index in [0.29, 0.717) is 17.3 Å². The third-order valence-electron chi connectivity index (χ3n) is 4.06. The summed E-state index contributed by atoms with van der Waals surface area (Å²) >= 11 is 0. The number of fused-ring (bicyclic) bond motifs is 1. The van der Waals surface area contributed by atoms with Crippen molar-refractivity contribution in [3.63, 3.8) is 0 Å². The fourth-order valence-corrected chi connectivity index (χ4v) is 6.34. The van der Waals surface area contributed by atoms with Gasteiger partial charge in [0, 0.05) is 5.92 Å². The smallest absolute Gasteiger partial charge is 0.244 e. The number of hydrogen-bond donors (Lipinski definition) is 0. The maximum atomic E-state index is 13.1. The average molecular weight is 438 g/mol. The summed E-state index contributed by atoms with van der Waals surface area (Å²) in [6.45, 7) is 23.3. The zero-order chi connectivity index (χ0) is 21.7. The van der Waals surface area contributed by atoms with Gasteiger partial charge in [0.1, 0.15) is 0 Å². The maximum absolute atomic E-state index is 13.1. The van der Waals surface area contributed by atoms with E-state index in [-0.39, 0.29) is 11.8 Å². The van der Waals surface area contributed by atoms with Crippen molar-refractivity contribution in [1.82, 2.24) is 19.2 Å². The zero-order valence-corrected chi connectivity index (χ0v) is 22.2. The Bertz CT molecular complexity index is 876. The number of nitrogens with zero attached hydrogens (tertiary/aromatic N) is 5. The molecule has 0 radical (unpaired) electrons. The van der Waals surface area contributed by atoms with Crippen LogP contribution in [0.3, 0.4) is 0 Å². The number of imidazole rings is 1. The molecule has 0 aliphatic rings. The van der Waals surface area contributed by atoms with Gasteiger partial charge in [0.25, 0.3) is 0 Å². The van der Waals surface area contributed by atoms with E-state index in [4.69, 9.17) is 14.4 Å². The first-order chi connectivity index (χ1) is 12.5. The van der Waals surface area contributed by atoms with Gasteiger partial charge in [-0.3, -0.25) is 4.79 Å². The monoisotopic (exact) mass is 437 g/mol. The van der Waals surface area contributed by atoms with Crippen LogP contribution in [0.2, 0.25) is 58.9 Å². The Balaban J connectivity index is 2.83. The Morgan fingerprint density at radius 1 is 1.04 bits per heavy atom.